The third-order valence-corrected chi connectivity index (χ3v) is 4.18. The van der Waals surface area contributed by atoms with Crippen molar-refractivity contribution in [1.29, 1.82) is 0 Å². The van der Waals surface area contributed by atoms with Crippen LogP contribution in [0.15, 0.2) is 18.2 Å². The Morgan fingerprint density at radius 2 is 2.14 bits per heavy atom. The maximum atomic E-state index is 5.89. The zero-order valence-electron chi connectivity index (χ0n) is 13.6. The van der Waals surface area contributed by atoms with Gasteiger partial charge in [-0.15, -0.1) is 0 Å². The van der Waals surface area contributed by atoms with Crippen LogP contribution in [-0.2, 0) is 4.74 Å². The highest BCUT2D eigenvalue weighted by Gasteiger charge is 2.31. The van der Waals surface area contributed by atoms with Gasteiger partial charge in [0.1, 0.15) is 0 Å². The summed E-state index contributed by atoms with van der Waals surface area (Å²) in [6.07, 6.45) is 3.10. The standard InChI is InChI=1S/C17H27NO3/c1-5-17(3)12-14(9-10-21-17)18-13-7-8-15(20-6-2)16(11-13)19-4/h7-8,11,14,18H,5-6,9-10,12H2,1-4H3. The van der Waals surface area contributed by atoms with Crippen molar-refractivity contribution in [1.82, 2.24) is 0 Å². The predicted molar refractivity (Wildman–Crippen MR) is 85.5 cm³/mol. The highest BCUT2D eigenvalue weighted by Crippen LogP contribution is 2.33. The summed E-state index contributed by atoms with van der Waals surface area (Å²) in [7, 11) is 1.67. The van der Waals surface area contributed by atoms with Gasteiger partial charge in [0.25, 0.3) is 0 Å². The van der Waals surface area contributed by atoms with Gasteiger partial charge in [0.2, 0.25) is 0 Å². The predicted octanol–water partition coefficient (Wildman–Crippen LogP) is 3.85. The molecule has 0 saturated carbocycles. The molecule has 1 N–H and O–H groups in total. The van der Waals surface area contributed by atoms with Gasteiger partial charge < -0.3 is 19.5 Å². The van der Waals surface area contributed by atoms with Gasteiger partial charge in [-0.2, -0.15) is 0 Å². The number of benzene rings is 1. The van der Waals surface area contributed by atoms with Crippen LogP contribution in [0.1, 0.15) is 40.0 Å². The fourth-order valence-electron chi connectivity index (χ4n) is 2.77. The van der Waals surface area contributed by atoms with Crippen LogP contribution in [0.5, 0.6) is 11.5 Å². The van der Waals surface area contributed by atoms with Gasteiger partial charge in [0.15, 0.2) is 11.5 Å². The minimum atomic E-state index is -0.00867. The first kappa shape index (κ1) is 16.0. The monoisotopic (exact) mass is 293 g/mol. The van der Waals surface area contributed by atoms with Crippen molar-refractivity contribution in [3.8, 4) is 11.5 Å². The van der Waals surface area contributed by atoms with Crippen LogP contribution in [0.4, 0.5) is 5.69 Å². The third-order valence-electron chi connectivity index (χ3n) is 4.18. The molecule has 0 aliphatic carbocycles. The van der Waals surface area contributed by atoms with Crippen molar-refractivity contribution in [2.45, 2.75) is 51.7 Å². The Balaban J connectivity index is 2.05. The molecule has 0 radical (unpaired) electrons. The van der Waals surface area contributed by atoms with E-state index in [-0.39, 0.29) is 5.60 Å². The number of rotatable bonds is 6. The van der Waals surface area contributed by atoms with Gasteiger partial charge in [-0.1, -0.05) is 6.92 Å². The van der Waals surface area contributed by atoms with E-state index in [0.29, 0.717) is 12.6 Å². The molecule has 1 aromatic rings. The molecule has 0 aromatic heterocycles. The molecule has 0 bridgehead atoms. The zero-order valence-corrected chi connectivity index (χ0v) is 13.6. The molecule has 4 nitrogen and oxygen atoms in total. The first-order valence-corrected chi connectivity index (χ1v) is 7.81. The Hall–Kier alpha value is -1.42. The second kappa shape index (κ2) is 7.03. The molecule has 1 aliphatic rings. The minimum absolute atomic E-state index is 0.00867. The smallest absolute Gasteiger partial charge is 0.162 e. The van der Waals surface area contributed by atoms with Crippen LogP contribution in [0.3, 0.4) is 0 Å². The van der Waals surface area contributed by atoms with E-state index >= 15 is 0 Å². The molecular formula is C17H27NO3. The zero-order chi connectivity index (χ0) is 15.3. The number of hydrogen-bond donors (Lipinski definition) is 1. The summed E-state index contributed by atoms with van der Waals surface area (Å²) >= 11 is 0. The lowest BCUT2D eigenvalue weighted by Crippen LogP contribution is -2.41. The van der Waals surface area contributed by atoms with Crippen LogP contribution in [-0.4, -0.2) is 32.0 Å². The van der Waals surface area contributed by atoms with Gasteiger partial charge in [0, 0.05) is 24.4 Å². The van der Waals surface area contributed by atoms with Crippen LogP contribution in [0, 0.1) is 0 Å². The second-order valence-electron chi connectivity index (χ2n) is 5.78. The molecule has 1 aromatic carbocycles. The molecule has 1 saturated heterocycles. The van der Waals surface area contributed by atoms with E-state index in [4.69, 9.17) is 14.2 Å². The summed E-state index contributed by atoms with van der Waals surface area (Å²) in [5.74, 6) is 1.56. The molecular weight excluding hydrogens is 266 g/mol. The van der Waals surface area contributed by atoms with Gasteiger partial charge >= 0.3 is 0 Å². The molecule has 0 amide bonds. The topological polar surface area (TPSA) is 39.7 Å². The Morgan fingerprint density at radius 3 is 2.81 bits per heavy atom. The lowest BCUT2D eigenvalue weighted by atomic mass is 9.90. The first-order valence-electron chi connectivity index (χ1n) is 7.81. The average Bonchev–Trinajstić information content (AvgIpc) is 2.49. The lowest BCUT2D eigenvalue weighted by Gasteiger charge is -2.38. The quantitative estimate of drug-likeness (QED) is 0.864. The number of methoxy groups -OCH3 is 1. The molecule has 21 heavy (non-hydrogen) atoms. The van der Waals surface area contributed by atoms with Gasteiger partial charge in [-0.3, -0.25) is 0 Å². The van der Waals surface area contributed by atoms with E-state index in [9.17, 15) is 0 Å². The van der Waals surface area contributed by atoms with E-state index in [2.05, 4.69) is 19.2 Å². The normalized spacial score (nSPS) is 25.4. The molecule has 1 aliphatic heterocycles. The summed E-state index contributed by atoms with van der Waals surface area (Å²) in [4.78, 5) is 0. The fourth-order valence-corrected chi connectivity index (χ4v) is 2.77. The van der Waals surface area contributed by atoms with E-state index in [1.165, 1.54) is 0 Å². The molecule has 2 rings (SSSR count). The SMILES string of the molecule is CCOc1ccc(NC2CCOC(C)(CC)C2)cc1OC. The minimum Gasteiger partial charge on any atom is -0.493 e. The van der Waals surface area contributed by atoms with Crippen molar-refractivity contribution in [2.75, 3.05) is 25.6 Å². The first-order chi connectivity index (χ1) is 10.1. The molecule has 2 unspecified atom stereocenters. The summed E-state index contributed by atoms with van der Waals surface area (Å²) in [6.45, 7) is 7.80. The van der Waals surface area contributed by atoms with Crippen LogP contribution in [0.2, 0.25) is 0 Å². The van der Waals surface area contributed by atoms with E-state index in [1.54, 1.807) is 7.11 Å². The summed E-state index contributed by atoms with van der Waals surface area (Å²) in [5.41, 5.74) is 1.06. The summed E-state index contributed by atoms with van der Waals surface area (Å²) in [6, 6.07) is 6.45. The van der Waals surface area contributed by atoms with E-state index in [1.807, 2.05) is 25.1 Å². The lowest BCUT2D eigenvalue weighted by molar-refractivity contribution is -0.0708. The van der Waals surface area contributed by atoms with E-state index < -0.39 is 0 Å². The van der Waals surface area contributed by atoms with Crippen molar-refractivity contribution in [2.24, 2.45) is 0 Å². The maximum Gasteiger partial charge on any atom is 0.162 e. The van der Waals surface area contributed by atoms with E-state index in [0.717, 1.165) is 43.1 Å². The molecule has 1 fully saturated rings. The Kier molecular flexibility index (Phi) is 5.34. The Labute approximate surface area is 127 Å². The molecule has 0 spiro atoms. The molecule has 4 heteroatoms. The maximum absolute atomic E-state index is 5.89. The summed E-state index contributed by atoms with van der Waals surface area (Å²) < 4.78 is 16.8. The van der Waals surface area contributed by atoms with Crippen molar-refractivity contribution in [3.63, 3.8) is 0 Å². The molecule has 1 heterocycles. The number of anilines is 1. The van der Waals surface area contributed by atoms with Crippen molar-refractivity contribution in [3.05, 3.63) is 18.2 Å². The summed E-state index contributed by atoms with van der Waals surface area (Å²) in [5, 5.41) is 3.60. The molecule has 2 atom stereocenters. The van der Waals surface area contributed by atoms with Gasteiger partial charge in [-0.25, -0.2) is 0 Å². The largest absolute Gasteiger partial charge is 0.493 e. The number of ether oxygens (including phenoxy) is 3. The Morgan fingerprint density at radius 1 is 1.33 bits per heavy atom. The highest BCUT2D eigenvalue weighted by molar-refractivity contribution is 5.55. The molecule has 118 valence electrons. The second-order valence-corrected chi connectivity index (χ2v) is 5.78. The fraction of sp³-hybridized carbons (Fsp3) is 0.647. The highest BCUT2D eigenvalue weighted by atomic mass is 16.5. The van der Waals surface area contributed by atoms with Gasteiger partial charge in [0.05, 0.1) is 19.3 Å². The Bertz CT molecular complexity index is 463. The van der Waals surface area contributed by atoms with Gasteiger partial charge in [-0.05, 0) is 45.2 Å². The van der Waals surface area contributed by atoms with Crippen molar-refractivity contribution >= 4 is 5.69 Å². The van der Waals surface area contributed by atoms with Crippen LogP contribution < -0.4 is 14.8 Å². The van der Waals surface area contributed by atoms with Crippen LogP contribution >= 0.6 is 0 Å². The van der Waals surface area contributed by atoms with Crippen molar-refractivity contribution < 1.29 is 14.2 Å². The third kappa shape index (κ3) is 4.03. The van der Waals surface area contributed by atoms with Crippen LogP contribution in [0.25, 0.3) is 0 Å². The number of nitrogens with one attached hydrogen (secondary N) is 1. The average molecular weight is 293 g/mol. The number of hydrogen-bond acceptors (Lipinski definition) is 4.